The minimum absolute atomic E-state index is 0.549. The maximum Gasteiger partial charge on any atom is 0.163 e. The summed E-state index contributed by atoms with van der Waals surface area (Å²) in [5, 5.41) is 0.803. The number of aromatic nitrogens is 3. The Kier molecular flexibility index (Phi) is 1.51. The van der Waals surface area contributed by atoms with Crippen LogP contribution in [-0.4, -0.2) is 14.6 Å². The summed E-state index contributed by atoms with van der Waals surface area (Å²) >= 11 is 5.05. The van der Waals surface area contributed by atoms with E-state index in [9.17, 15) is 0 Å². The Labute approximate surface area is 73.7 Å². The van der Waals surface area contributed by atoms with Gasteiger partial charge in [0.2, 0.25) is 0 Å². The van der Waals surface area contributed by atoms with Crippen molar-refractivity contribution >= 4 is 23.3 Å². The van der Waals surface area contributed by atoms with E-state index in [0.29, 0.717) is 10.3 Å². The summed E-state index contributed by atoms with van der Waals surface area (Å²) in [6.07, 6.45) is 3.13. The molecule has 0 aliphatic carbocycles. The van der Waals surface area contributed by atoms with Gasteiger partial charge < -0.3 is 5.84 Å². The molecule has 0 fully saturated rings. The molecule has 0 bridgehead atoms. The van der Waals surface area contributed by atoms with E-state index in [0.717, 1.165) is 5.39 Å². The lowest BCUT2D eigenvalue weighted by Gasteiger charge is -1.99. The van der Waals surface area contributed by atoms with Crippen molar-refractivity contribution in [2.45, 2.75) is 0 Å². The smallest absolute Gasteiger partial charge is 0.163 e. The molecule has 4 nitrogen and oxygen atoms in total. The fourth-order valence-electron chi connectivity index (χ4n) is 0.975. The van der Waals surface area contributed by atoms with E-state index in [2.05, 4.69) is 9.97 Å². The highest BCUT2D eigenvalue weighted by Gasteiger charge is 1.96. The lowest BCUT2D eigenvalue weighted by molar-refractivity contribution is 0.935. The molecule has 0 saturated carbocycles. The molecule has 12 heavy (non-hydrogen) atoms. The second kappa shape index (κ2) is 2.53. The molecular formula is C7H6N4S. The van der Waals surface area contributed by atoms with Crippen LogP contribution in [0.25, 0.3) is 11.0 Å². The number of fused-ring (bicyclic) bond motifs is 1. The average Bonchev–Trinajstić information content (AvgIpc) is 2.12. The van der Waals surface area contributed by atoms with Crippen LogP contribution in [0.2, 0.25) is 0 Å². The maximum atomic E-state index is 5.51. The van der Waals surface area contributed by atoms with E-state index in [-0.39, 0.29) is 0 Å². The van der Waals surface area contributed by atoms with Gasteiger partial charge in [-0.25, -0.2) is 14.6 Å². The third-order valence-electron chi connectivity index (χ3n) is 1.56. The number of hydrogen-bond acceptors (Lipinski definition) is 4. The van der Waals surface area contributed by atoms with Crippen molar-refractivity contribution in [1.82, 2.24) is 14.6 Å². The van der Waals surface area contributed by atoms with E-state index in [4.69, 9.17) is 18.1 Å². The van der Waals surface area contributed by atoms with E-state index in [1.54, 1.807) is 12.3 Å². The first-order valence-electron chi connectivity index (χ1n) is 3.36. The zero-order valence-corrected chi connectivity index (χ0v) is 6.95. The Balaban J connectivity index is 3.01. The number of nitrogens with two attached hydrogens (primary N) is 1. The molecule has 0 unspecified atom stereocenters. The third kappa shape index (κ3) is 0.947. The zero-order valence-electron chi connectivity index (χ0n) is 6.14. The van der Waals surface area contributed by atoms with Gasteiger partial charge in [0.1, 0.15) is 11.0 Å². The largest absolute Gasteiger partial charge is 0.337 e. The van der Waals surface area contributed by atoms with Gasteiger partial charge in [-0.3, -0.25) is 0 Å². The average molecular weight is 178 g/mol. The summed E-state index contributed by atoms with van der Waals surface area (Å²) < 4.78 is 1.85. The SMILES string of the molecule is Nn1cnc2ncccc2c1=S. The molecule has 2 N–H and O–H groups in total. The zero-order chi connectivity index (χ0) is 8.55. The van der Waals surface area contributed by atoms with Crippen LogP contribution in [0, 0.1) is 4.64 Å². The number of rotatable bonds is 0. The van der Waals surface area contributed by atoms with E-state index in [1.165, 1.54) is 11.0 Å². The van der Waals surface area contributed by atoms with Crippen molar-refractivity contribution in [2.24, 2.45) is 0 Å². The number of nitrogens with zero attached hydrogens (tertiary/aromatic N) is 3. The monoisotopic (exact) mass is 178 g/mol. The molecule has 2 aromatic rings. The second-order valence-corrected chi connectivity index (χ2v) is 2.72. The van der Waals surface area contributed by atoms with Crippen LogP contribution in [0.3, 0.4) is 0 Å². The summed E-state index contributed by atoms with van der Waals surface area (Å²) in [6, 6.07) is 3.65. The van der Waals surface area contributed by atoms with Crippen molar-refractivity contribution in [2.75, 3.05) is 5.84 Å². The molecular weight excluding hydrogens is 172 g/mol. The number of hydrogen-bond donors (Lipinski definition) is 1. The number of pyridine rings is 1. The van der Waals surface area contributed by atoms with Crippen molar-refractivity contribution in [3.8, 4) is 0 Å². The van der Waals surface area contributed by atoms with Crippen LogP contribution in [0.15, 0.2) is 24.7 Å². The van der Waals surface area contributed by atoms with Crippen molar-refractivity contribution in [3.05, 3.63) is 29.3 Å². The first-order valence-corrected chi connectivity index (χ1v) is 3.77. The molecule has 0 aromatic carbocycles. The van der Waals surface area contributed by atoms with Crippen LogP contribution in [-0.2, 0) is 0 Å². The summed E-state index contributed by atoms with van der Waals surface area (Å²) in [5.74, 6) is 5.51. The van der Waals surface area contributed by atoms with Gasteiger partial charge in [-0.15, -0.1) is 0 Å². The molecule has 0 saturated heterocycles. The normalized spacial score (nSPS) is 10.3. The highest BCUT2D eigenvalue weighted by Crippen LogP contribution is 2.07. The Morgan fingerprint density at radius 1 is 1.42 bits per heavy atom. The molecule has 0 atom stereocenters. The van der Waals surface area contributed by atoms with E-state index >= 15 is 0 Å². The fourth-order valence-corrected chi connectivity index (χ4v) is 1.18. The molecule has 2 rings (SSSR count). The molecule has 0 aliphatic rings. The highest BCUT2D eigenvalue weighted by molar-refractivity contribution is 7.71. The number of nitrogen functional groups attached to an aromatic ring is 1. The van der Waals surface area contributed by atoms with Crippen molar-refractivity contribution in [1.29, 1.82) is 0 Å². The molecule has 0 spiro atoms. The van der Waals surface area contributed by atoms with Gasteiger partial charge >= 0.3 is 0 Å². The van der Waals surface area contributed by atoms with Gasteiger partial charge in [0.25, 0.3) is 0 Å². The van der Waals surface area contributed by atoms with Crippen LogP contribution in [0.5, 0.6) is 0 Å². The Morgan fingerprint density at radius 3 is 3.08 bits per heavy atom. The van der Waals surface area contributed by atoms with Crippen LogP contribution in [0.4, 0.5) is 0 Å². The minimum Gasteiger partial charge on any atom is -0.337 e. The predicted molar refractivity (Wildman–Crippen MR) is 48.5 cm³/mol. The van der Waals surface area contributed by atoms with E-state index in [1.807, 2.05) is 6.07 Å². The predicted octanol–water partition coefficient (Wildman–Crippen LogP) is 0.875. The third-order valence-corrected chi connectivity index (χ3v) is 1.99. The Morgan fingerprint density at radius 2 is 2.25 bits per heavy atom. The quantitative estimate of drug-likeness (QED) is 0.480. The van der Waals surface area contributed by atoms with Crippen LogP contribution >= 0.6 is 12.2 Å². The molecule has 0 amide bonds. The van der Waals surface area contributed by atoms with Crippen LogP contribution < -0.4 is 5.84 Å². The first-order chi connectivity index (χ1) is 5.79. The lowest BCUT2D eigenvalue weighted by atomic mass is 10.3. The topological polar surface area (TPSA) is 56.7 Å². The minimum atomic E-state index is 0.549. The van der Waals surface area contributed by atoms with Gasteiger partial charge in [0.05, 0.1) is 5.39 Å². The molecule has 2 heterocycles. The summed E-state index contributed by atoms with van der Waals surface area (Å²) in [6.45, 7) is 0. The van der Waals surface area contributed by atoms with Crippen molar-refractivity contribution < 1.29 is 0 Å². The lowest BCUT2D eigenvalue weighted by Crippen LogP contribution is -2.10. The van der Waals surface area contributed by atoms with Gasteiger partial charge in [-0.2, -0.15) is 0 Å². The molecule has 2 aromatic heterocycles. The van der Waals surface area contributed by atoms with E-state index < -0.39 is 0 Å². The molecule has 60 valence electrons. The van der Waals surface area contributed by atoms with Crippen molar-refractivity contribution in [3.63, 3.8) is 0 Å². The van der Waals surface area contributed by atoms with Gasteiger partial charge in [-0.05, 0) is 12.1 Å². The van der Waals surface area contributed by atoms with Gasteiger partial charge in [-0.1, -0.05) is 12.2 Å². The van der Waals surface area contributed by atoms with Crippen LogP contribution in [0.1, 0.15) is 0 Å². The Bertz CT molecular complexity index is 476. The standard InChI is InChI=1S/C7H6N4S/c8-11-4-10-6-5(7(11)12)2-1-3-9-6/h1-4H,8H2. The fraction of sp³-hybridized carbons (Fsp3) is 0. The second-order valence-electron chi connectivity index (χ2n) is 2.33. The maximum absolute atomic E-state index is 5.51. The molecule has 5 heteroatoms. The highest BCUT2D eigenvalue weighted by atomic mass is 32.1. The molecule has 0 radical (unpaired) electrons. The summed E-state index contributed by atoms with van der Waals surface area (Å²) in [5.41, 5.74) is 0.629. The summed E-state index contributed by atoms with van der Waals surface area (Å²) in [4.78, 5) is 8.04. The van der Waals surface area contributed by atoms with Gasteiger partial charge in [0.15, 0.2) is 5.65 Å². The molecule has 0 aliphatic heterocycles. The Hall–Kier alpha value is -1.49. The summed E-state index contributed by atoms with van der Waals surface area (Å²) in [7, 11) is 0. The van der Waals surface area contributed by atoms with Gasteiger partial charge in [0, 0.05) is 6.20 Å². The first kappa shape index (κ1) is 7.17.